The smallest absolute Gasteiger partial charge is 0.0621 e. The van der Waals surface area contributed by atoms with Gasteiger partial charge in [-0.3, -0.25) is 0 Å². The summed E-state index contributed by atoms with van der Waals surface area (Å²) in [4.78, 5) is 0. The van der Waals surface area contributed by atoms with E-state index in [2.05, 4.69) is 33.0 Å². The van der Waals surface area contributed by atoms with Gasteiger partial charge in [-0.1, -0.05) is 27.7 Å². The molecule has 1 aliphatic heterocycles. The first-order valence-electron chi connectivity index (χ1n) is 5.85. The molecule has 1 heterocycles. The fourth-order valence-corrected chi connectivity index (χ4v) is 2.09. The molecule has 14 heavy (non-hydrogen) atoms. The minimum atomic E-state index is 0.388. The number of hydrogen-bond donors (Lipinski definition) is 1. The van der Waals surface area contributed by atoms with E-state index in [1.807, 2.05) is 0 Å². The zero-order valence-electron chi connectivity index (χ0n) is 10.1. The van der Waals surface area contributed by atoms with E-state index in [4.69, 9.17) is 4.74 Å². The number of ether oxygens (including phenoxy) is 1. The summed E-state index contributed by atoms with van der Waals surface area (Å²) in [5, 5.41) is 3.43. The van der Waals surface area contributed by atoms with Gasteiger partial charge in [0.15, 0.2) is 0 Å². The van der Waals surface area contributed by atoms with Crippen LogP contribution in [0, 0.1) is 11.3 Å². The van der Waals surface area contributed by atoms with E-state index >= 15 is 0 Å². The fourth-order valence-electron chi connectivity index (χ4n) is 2.09. The van der Waals surface area contributed by atoms with Crippen LogP contribution in [0.1, 0.15) is 40.5 Å². The van der Waals surface area contributed by atoms with Crippen LogP contribution >= 0.6 is 0 Å². The zero-order chi connectivity index (χ0) is 10.6. The molecule has 0 aliphatic carbocycles. The van der Waals surface area contributed by atoms with Crippen molar-refractivity contribution in [3.05, 3.63) is 0 Å². The van der Waals surface area contributed by atoms with Crippen LogP contribution in [0.15, 0.2) is 0 Å². The second-order valence-corrected chi connectivity index (χ2v) is 5.53. The Labute approximate surface area is 88.4 Å². The van der Waals surface area contributed by atoms with Crippen molar-refractivity contribution in [3.8, 4) is 0 Å². The molecular weight excluding hydrogens is 174 g/mol. The van der Waals surface area contributed by atoms with E-state index in [9.17, 15) is 0 Å². The maximum Gasteiger partial charge on any atom is 0.0621 e. The Bertz CT molecular complexity index is 162. The molecule has 0 amide bonds. The highest BCUT2D eigenvalue weighted by Crippen LogP contribution is 2.31. The average Bonchev–Trinajstić information content (AvgIpc) is 2.45. The number of nitrogens with one attached hydrogen (secondary N) is 1. The summed E-state index contributed by atoms with van der Waals surface area (Å²) in [5.74, 6) is 0.731. The molecule has 0 radical (unpaired) electrons. The highest BCUT2D eigenvalue weighted by molar-refractivity contribution is 4.81. The largest absolute Gasteiger partial charge is 0.378 e. The summed E-state index contributed by atoms with van der Waals surface area (Å²) in [6, 6.07) is 0. The van der Waals surface area contributed by atoms with Crippen LogP contribution in [-0.4, -0.2) is 25.8 Å². The van der Waals surface area contributed by atoms with Gasteiger partial charge in [0.25, 0.3) is 0 Å². The van der Waals surface area contributed by atoms with Crippen LogP contribution in [0.25, 0.3) is 0 Å². The molecule has 0 bridgehead atoms. The Morgan fingerprint density at radius 1 is 1.36 bits per heavy atom. The number of rotatable bonds is 4. The van der Waals surface area contributed by atoms with Crippen molar-refractivity contribution in [2.24, 2.45) is 11.3 Å². The molecule has 1 N–H and O–H groups in total. The molecule has 1 aliphatic rings. The molecular formula is C12H25NO. The van der Waals surface area contributed by atoms with Gasteiger partial charge in [0.2, 0.25) is 0 Å². The van der Waals surface area contributed by atoms with Crippen molar-refractivity contribution in [1.82, 2.24) is 5.32 Å². The minimum absolute atomic E-state index is 0.388. The van der Waals surface area contributed by atoms with Crippen molar-refractivity contribution >= 4 is 0 Å². The highest BCUT2D eigenvalue weighted by Gasteiger charge is 2.31. The lowest BCUT2D eigenvalue weighted by atomic mass is 9.84. The molecule has 2 heteroatoms. The van der Waals surface area contributed by atoms with Crippen LogP contribution in [0.4, 0.5) is 0 Å². The molecule has 2 unspecified atom stereocenters. The maximum atomic E-state index is 5.80. The first-order chi connectivity index (χ1) is 6.53. The Balaban J connectivity index is 2.35. The third kappa shape index (κ3) is 3.97. The summed E-state index contributed by atoms with van der Waals surface area (Å²) in [6.45, 7) is 12.2. The van der Waals surface area contributed by atoms with Crippen LogP contribution in [0.5, 0.6) is 0 Å². The molecule has 0 saturated carbocycles. The number of hydrogen-bond acceptors (Lipinski definition) is 2. The molecule has 1 saturated heterocycles. The predicted molar refractivity (Wildman–Crippen MR) is 60.5 cm³/mol. The second kappa shape index (κ2) is 5.13. The van der Waals surface area contributed by atoms with Crippen molar-refractivity contribution < 1.29 is 4.74 Å². The lowest BCUT2D eigenvalue weighted by molar-refractivity contribution is 0.0561. The fraction of sp³-hybridized carbons (Fsp3) is 1.00. The molecule has 0 spiro atoms. The van der Waals surface area contributed by atoms with Gasteiger partial charge in [-0.15, -0.1) is 0 Å². The first kappa shape index (κ1) is 12.0. The third-order valence-electron chi connectivity index (χ3n) is 2.82. The quantitative estimate of drug-likeness (QED) is 0.751. The third-order valence-corrected chi connectivity index (χ3v) is 2.82. The summed E-state index contributed by atoms with van der Waals surface area (Å²) < 4.78 is 5.80. The Morgan fingerprint density at radius 3 is 2.64 bits per heavy atom. The van der Waals surface area contributed by atoms with Crippen LogP contribution in [0.3, 0.4) is 0 Å². The topological polar surface area (TPSA) is 21.3 Å². The molecule has 1 fully saturated rings. The van der Waals surface area contributed by atoms with Gasteiger partial charge in [-0.25, -0.2) is 0 Å². The van der Waals surface area contributed by atoms with Gasteiger partial charge >= 0.3 is 0 Å². The first-order valence-corrected chi connectivity index (χ1v) is 5.85. The van der Waals surface area contributed by atoms with Gasteiger partial charge in [-0.05, 0) is 30.7 Å². The van der Waals surface area contributed by atoms with Crippen LogP contribution in [-0.2, 0) is 4.74 Å². The molecule has 2 atom stereocenters. The van der Waals surface area contributed by atoms with E-state index in [1.165, 1.54) is 12.8 Å². The average molecular weight is 199 g/mol. The minimum Gasteiger partial charge on any atom is -0.378 e. The zero-order valence-corrected chi connectivity index (χ0v) is 10.1. The van der Waals surface area contributed by atoms with Crippen molar-refractivity contribution in [2.75, 3.05) is 19.7 Å². The van der Waals surface area contributed by atoms with Gasteiger partial charge < -0.3 is 10.1 Å². The van der Waals surface area contributed by atoms with Crippen molar-refractivity contribution in [1.29, 1.82) is 0 Å². The SMILES string of the molecule is CCNCC1CCOC1CC(C)(C)C. The molecule has 0 aromatic heterocycles. The van der Waals surface area contributed by atoms with Crippen molar-refractivity contribution in [2.45, 2.75) is 46.6 Å². The maximum absolute atomic E-state index is 5.80. The standard InChI is InChI=1S/C12H25NO/c1-5-13-9-10-6-7-14-11(10)8-12(2,3)4/h10-11,13H,5-9H2,1-4H3. The van der Waals surface area contributed by atoms with E-state index < -0.39 is 0 Å². The normalized spacial score (nSPS) is 28.3. The van der Waals surface area contributed by atoms with E-state index in [-0.39, 0.29) is 0 Å². The monoisotopic (exact) mass is 199 g/mol. The summed E-state index contributed by atoms with van der Waals surface area (Å²) in [5.41, 5.74) is 0.388. The van der Waals surface area contributed by atoms with Gasteiger partial charge in [0.1, 0.15) is 0 Å². The molecule has 2 nitrogen and oxygen atoms in total. The van der Waals surface area contributed by atoms with Crippen LogP contribution < -0.4 is 5.32 Å². The van der Waals surface area contributed by atoms with Gasteiger partial charge in [0.05, 0.1) is 6.10 Å². The summed E-state index contributed by atoms with van der Waals surface area (Å²) >= 11 is 0. The van der Waals surface area contributed by atoms with Crippen molar-refractivity contribution in [3.63, 3.8) is 0 Å². The van der Waals surface area contributed by atoms with E-state index in [1.54, 1.807) is 0 Å². The predicted octanol–water partition coefficient (Wildman–Crippen LogP) is 2.44. The molecule has 84 valence electrons. The lowest BCUT2D eigenvalue weighted by Crippen LogP contribution is -2.31. The van der Waals surface area contributed by atoms with E-state index in [0.717, 1.165) is 25.6 Å². The Morgan fingerprint density at radius 2 is 2.07 bits per heavy atom. The van der Waals surface area contributed by atoms with Gasteiger partial charge in [-0.2, -0.15) is 0 Å². The molecule has 0 aromatic carbocycles. The van der Waals surface area contributed by atoms with Gasteiger partial charge in [0, 0.05) is 13.2 Å². The summed E-state index contributed by atoms with van der Waals surface area (Å²) in [7, 11) is 0. The van der Waals surface area contributed by atoms with Crippen LogP contribution in [0.2, 0.25) is 0 Å². The summed E-state index contributed by atoms with van der Waals surface area (Å²) in [6.07, 6.45) is 2.89. The molecule has 1 rings (SSSR count). The Kier molecular flexibility index (Phi) is 4.39. The lowest BCUT2D eigenvalue weighted by Gasteiger charge is -2.26. The van der Waals surface area contributed by atoms with E-state index in [0.29, 0.717) is 11.5 Å². The molecule has 0 aromatic rings. The second-order valence-electron chi connectivity index (χ2n) is 5.53. The Hall–Kier alpha value is -0.0800. The highest BCUT2D eigenvalue weighted by atomic mass is 16.5.